The molecule has 3 rings (SSSR count). The summed E-state index contributed by atoms with van der Waals surface area (Å²) in [7, 11) is 0. The summed E-state index contributed by atoms with van der Waals surface area (Å²) in [6, 6.07) is 8.83. The molecule has 0 bridgehead atoms. The largest absolute Gasteiger partial charge is 0.271 e. The van der Waals surface area contributed by atoms with Crippen molar-refractivity contribution in [3.05, 3.63) is 48.0 Å². The summed E-state index contributed by atoms with van der Waals surface area (Å²) in [6.45, 7) is 0. The molecule has 1 unspecified atom stereocenters. The van der Waals surface area contributed by atoms with Gasteiger partial charge < -0.3 is 0 Å². The van der Waals surface area contributed by atoms with Gasteiger partial charge in [0.15, 0.2) is 0 Å². The Kier molecular flexibility index (Phi) is 4.62. The lowest BCUT2D eigenvalue weighted by Gasteiger charge is -2.14. The Balaban J connectivity index is 1.61. The fourth-order valence-corrected chi connectivity index (χ4v) is 3.07. The average Bonchev–Trinajstić information content (AvgIpc) is 3.18. The maximum atomic E-state index is 5.69. The standard InChI is InChI=1S/C16H23N5/c17-19-15(11-13-5-3-4-9-18-13)12-14-8-10-21(20-14)16-6-1-2-7-16/h3-5,8-10,15-16,19H,1-2,6-7,11-12,17H2. The van der Waals surface area contributed by atoms with E-state index in [0.29, 0.717) is 6.04 Å². The van der Waals surface area contributed by atoms with Gasteiger partial charge in [0, 0.05) is 37.0 Å². The molecule has 0 aromatic carbocycles. The first-order chi connectivity index (χ1) is 10.3. The number of hydrogen-bond donors (Lipinski definition) is 2. The summed E-state index contributed by atoms with van der Waals surface area (Å²) in [5.41, 5.74) is 5.04. The first-order valence-corrected chi connectivity index (χ1v) is 7.75. The second-order valence-electron chi connectivity index (χ2n) is 5.82. The van der Waals surface area contributed by atoms with Crippen molar-refractivity contribution in [1.29, 1.82) is 0 Å². The lowest BCUT2D eigenvalue weighted by molar-refractivity contribution is 0.454. The summed E-state index contributed by atoms with van der Waals surface area (Å²) >= 11 is 0. The van der Waals surface area contributed by atoms with E-state index < -0.39 is 0 Å². The number of hydrazine groups is 1. The van der Waals surface area contributed by atoms with Crippen LogP contribution in [0.4, 0.5) is 0 Å². The van der Waals surface area contributed by atoms with Gasteiger partial charge >= 0.3 is 0 Å². The van der Waals surface area contributed by atoms with Gasteiger partial charge in [-0.2, -0.15) is 5.10 Å². The van der Waals surface area contributed by atoms with Crippen LogP contribution >= 0.6 is 0 Å². The highest BCUT2D eigenvalue weighted by Gasteiger charge is 2.18. The van der Waals surface area contributed by atoms with E-state index in [1.807, 2.05) is 24.4 Å². The van der Waals surface area contributed by atoms with Crippen LogP contribution in [0.25, 0.3) is 0 Å². The SMILES string of the molecule is NNC(Cc1ccccn1)Cc1ccn(C2CCCC2)n1. The second-order valence-corrected chi connectivity index (χ2v) is 5.82. The van der Waals surface area contributed by atoms with Gasteiger partial charge in [-0.15, -0.1) is 0 Å². The summed E-state index contributed by atoms with van der Waals surface area (Å²) in [5.74, 6) is 5.69. The van der Waals surface area contributed by atoms with E-state index in [1.165, 1.54) is 25.7 Å². The van der Waals surface area contributed by atoms with Crippen molar-refractivity contribution in [2.75, 3.05) is 0 Å². The zero-order valence-electron chi connectivity index (χ0n) is 12.3. The molecule has 1 saturated carbocycles. The molecule has 5 heteroatoms. The molecule has 0 amide bonds. The quantitative estimate of drug-likeness (QED) is 0.629. The molecule has 3 N–H and O–H groups in total. The minimum atomic E-state index is 0.159. The van der Waals surface area contributed by atoms with E-state index in [4.69, 9.17) is 10.9 Å². The number of pyridine rings is 1. The molecule has 0 aliphatic heterocycles. The van der Waals surface area contributed by atoms with E-state index in [2.05, 4.69) is 27.4 Å². The maximum absolute atomic E-state index is 5.69. The van der Waals surface area contributed by atoms with Crippen LogP contribution < -0.4 is 11.3 Å². The van der Waals surface area contributed by atoms with Crippen molar-refractivity contribution in [2.45, 2.75) is 50.6 Å². The number of aromatic nitrogens is 3. The molecule has 1 atom stereocenters. The van der Waals surface area contributed by atoms with Crippen molar-refractivity contribution in [1.82, 2.24) is 20.2 Å². The second kappa shape index (κ2) is 6.83. The van der Waals surface area contributed by atoms with Gasteiger partial charge in [-0.05, 0) is 31.0 Å². The van der Waals surface area contributed by atoms with Crippen molar-refractivity contribution in [3.8, 4) is 0 Å². The van der Waals surface area contributed by atoms with Crippen LogP contribution in [0.15, 0.2) is 36.7 Å². The van der Waals surface area contributed by atoms with Gasteiger partial charge in [0.05, 0.1) is 11.7 Å². The molecule has 2 aromatic rings. The molecule has 2 aromatic heterocycles. The zero-order chi connectivity index (χ0) is 14.5. The van der Waals surface area contributed by atoms with Crippen molar-refractivity contribution in [3.63, 3.8) is 0 Å². The monoisotopic (exact) mass is 285 g/mol. The van der Waals surface area contributed by atoms with E-state index in [9.17, 15) is 0 Å². The third kappa shape index (κ3) is 3.68. The van der Waals surface area contributed by atoms with Crippen molar-refractivity contribution in [2.24, 2.45) is 5.84 Å². The van der Waals surface area contributed by atoms with Crippen LogP contribution in [0.1, 0.15) is 43.1 Å². The first kappa shape index (κ1) is 14.2. The topological polar surface area (TPSA) is 68.8 Å². The predicted molar refractivity (Wildman–Crippen MR) is 82.5 cm³/mol. The molecule has 0 spiro atoms. The molecule has 1 aliphatic rings. The molecule has 21 heavy (non-hydrogen) atoms. The van der Waals surface area contributed by atoms with Crippen LogP contribution in [-0.2, 0) is 12.8 Å². The number of hydrogen-bond acceptors (Lipinski definition) is 4. The third-order valence-electron chi connectivity index (χ3n) is 4.24. The summed E-state index contributed by atoms with van der Waals surface area (Å²) in [4.78, 5) is 4.36. The van der Waals surface area contributed by atoms with Crippen molar-refractivity contribution < 1.29 is 0 Å². The zero-order valence-corrected chi connectivity index (χ0v) is 12.3. The first-order valence-electron chi connectivity index (χ1n) is 7.75. The van der Waals surface area contributed by atoms with Gasteiger partial charge in [-0.1, -0.05) is 18.9 Å². The van der Waals surface area contributed by atoms with E-state index in [1.54, 1.807) is 0 Å². The van der Waals surface area contributed by atoms with Gasteiger partial charge in [-0.25, -0.2) is 0 Å². The number of nitrogens with zero attached hydrogens (tertiary/aromatic N) is 3. The highest BCUT2D eigenvalue weighted by molar-refractivity contribution is 5.08. The molecule has 2 heterocycles. The maximum Gasteiger partial charge on any atom is 0.0640 e. The number of nitrogens with one attached hydrogen (secondary N) is 1. The molecule has 0 radical (unpaired) electrons. The lowest BCUT2D eigenvalue weighted by atomic mass is 10.1. The molecule has 0 saturated heterocycles. The summed E-state index contributed by atoms with van der Waals surface area (Å²) < 4.78 is 2.14. The highest BCUT2D eigenvalue weighted by atomic mass is 15.3. The third-order valence-corrected chi connectivity index (χ3v) is 4.24. The summed E-state index contributed by atoms with van der Waals surface area (Å²) in [5, 5.41) is 4.72. The van der Waals surface area contributed by atoms with E-state index in [0.717, 1.165) is 24.2 Å². The van der Waals surface area contributed by atoms with Gasteiger partial charge in [0.25, 0.3) is 0 Å². The van der Waals surface area contributed by atoms with E-state index >= 15 is 0 Å². The predicted octanol–water partition coefficient (Wildman–Crippen LogP) is 2.01. The molecule has 5 nitrogen and oxygen atoms in total. The van der Waals surface area contributed by atoms with E-state index in [-0.39, 0.29) is 6.04 Å². The molecule has 1 aliphatic carbocycles. The smallest absolute Gasteiger partial charge is 0.0640 e. The Morgan fingerprint density at radius 1 is 1.19 bits per heavy atom. The van der Waals surface area contributed by atoms with Gasteiger partial charge in [-0.3, -0.25) is 20.9 Å². The number of rotatable bonds is 6. The fourth-order valence-electron chi connectivity index (χ4n) is 3.07. The normalized spacial score (nSPS) is 17.2. The minimum absolute atomic E-state index is 0.159. The van der Waals surface area contributed by atoms with Crippen LogP contribution in [0.5, 0.6) is 0 Å². The van der Waals surface area contributed by atoms with Gasteiger partial charge in [0.2, 0.25) is 0 Å². The molecular formula is C16H23N5. The van der Waals surface area contributed by atoms with Crippen LogP contribution in [-0.4, -0.2) is 20.8 Å². The minimum Gasteiger partial charge on any atom is -0.271 e. The average molecular weight is 285 g/mol. The van der Waals surface area contributed by atoms with Crippen molar-refractivity contribution >= 4 is 0 Å². The fraction of sp³-hybridized carbons (Fsp3) is 0.500. The lowest BCUT2D eigenvalue weighted by Crippen LogP contribution is -2.38. The van der Waals surface area contributed by atoms with Crippen LogP contribution in [0.2, 0.25) is 0 Å². The Labute approximate surface area is 125 Å². The molecular weight excluding hydrogens is 262 g/mol. The molecule has 1 fully saturated rings. The van der Waals surface area contributed by atoms with Gasteiger partial charge in [0.1, 0.15) is 0 Å². The summed E-state index contributed by atoms with van der Waals surface area (Å²) in [6.07, 6.45) is 10.7. The Morgan fingerprint density at radius 2 is 2.00 bits per heavy atom. The Hall–Kier alpha value is -1.72. The Morgan fingerprint density at radius 3 is 2.71 bits per heavy atom. The Bertz CT molecular complexity index is 545. The highest BCUT2D eigenvalue weighted by Crippen LogP contribution is 2.28. The van der Waals surface area contributed by atoms with Crippen LogP contribution in [0.3, 0.4) is 0 Å². The number of nitrogens with two attached hydrogens (primary N) is 1. The van der Waals surface area contributed by atoms with Crippen LogP contribution in [0, 0.1) is 0 Å². The molecule has 112 valence electrons.